The van der Waals surface area contributed by atoms with Gasteiger partial charge >= 0.3 is 0 Å². The predicted molar refractivity (Wildman–Crippen MR) is 85.1 cm³/mol. The minimum absolute atomic E-state index is 0.110. The standard InChI is InChI=1S/C18H24N2O2/c1-13(2)20-16(15-7-5-4-6-8-15)18(17(20)22)9-11-19(12-10-18)14(3)21/h4-8,13,16H,9-12H2,1-3H3. The largest absolute Gasteiger partial charge is 0.343 e. The molecule has 118 valence electrons. The lowest BCUT2D eigenvalue weighted by atomic mass is 9.62. The number of β-lactam (4-membered cyclic amide) rings is 1. The Hall–Kier alpha value is -1.84. The van der Waals surface area contributed by atoms with Gasteiger partial charge in [-0.15, -0.1) is 0 Å². The van der Waals surface area contributed by atoms with Gasteiger partial charge in [-0.1, -0.05) is 30.3 Å². The Balaban J connectivity index is 1.90. The second-order valence-corrected chi connectivity index (χ2v) is 6.78. The van der Waals surface area contributed by atoms with Crippen molar-refractivity contribution in [3.63, 3.8) is 0 Å². The number of carbonyl (C=O) groups is 2. The molecule has 0 radical (unpaired) electrons. The number of nitrogens with zero attached hydrogens (tertiary/aromatic N) is 2. The molecule has 2 aliphatic rings. The van der Waals surface area contributed by atoms with E-state index >= 15 is 0 Å². The van der Waals surface area contributed by atoms with Crippen molar-refractivity contribution < 1.29 is 9.59 Å². The summed E-state index contributed by atoms with van der Waals surface area (Å²) in [5, 5.41) is 0. The molecule has 4 heteroatoms. The quantitative estimate of drug-likeness (QED) is 0.788. The van der Waals surface area contributed by atoms with Gasteiger partial charge in [0.05, 0.1) is 11.5 Å². The SMILES string of the molecule is CC(=O)N1CCC2(CC1)C(=O)N(C(C)C)C2c1ccccc1. The molecule has 0 saturated carbocycles. The summed E-state index contributed by atoms with van der Waals surface area (Å²) in [6, 6.07) is 10.7. The van der Waals surface area contributed by atoms with Gasteiger partial charge in [0, 0.05) is 26.1 Å². The van der Waals surface area contributed by atoms with Crippen LogP contribution in [0.3, 0.4) is 0 Å². The minimum atomic E-state index is -0.308. The summed E-state index contributed by atoms with van der Waals surface area (Å²) in [5.74, 6) is 0.373. The summed E-state index contributed by atoms with van der Waals surface area (Å²) in [5.41, 5.74) is 0.907. The number of hydrogen-bond acceptors (Lipinski definition) is 2. The highest BCUT2D eigenvalue weighted by Crippen LogP contribution is 2.56. The molecule has 2 amide bonds. The maximum absolute atomic E-state index is 12.9. The van der Waals surface area contributed by atoms with Gasteiger partial charge in [0.2, 0.25) is 11.8 Å². The summed E-state index contributed by atoms with van der Waals surface area (Å²) < 4.78 is 0. The molecule has 2 fully saturated rings. The van der Waals surface area contributed by atoms with Gasteiger partial charge < -0.3 is 9.80 Å². The molecule has 22 heavy (non-hydrogen) atoms. The molecule has 1 spiro atoms. The monoisotopic (exact) mass is 300 g/mol. The highest BCUT2D eigenvalue weighted by molar-refractivity contribution is 5.91. The van der Waals surface area contributed by atoms with Gasteiger partial charge in [-0.3, -0.25) is 9.59 Å². The number of amides is 2. The Morgan fingerprint density at radius 2 is 1.77 bits per heavy atom. The highest BCUT2D eigenvalue weighted by atomic mass is 16.2. The van der Waals surface area contributed by atoms with Crippen LogP contribution in [0.15, 0.2) is 30.3 Å². The Labute approximate surface area is 132 Å². The van der Waals surface area contributed by atoms with Gasteiger partial charge in [0.15, 0.2) is 0 Å². The van der Waals surface area contributed by atoms with Crippen molar-refractivity contribution >= 4 is 11.8 Å². The second-order valence-electron chi connectivity index (χ2n) is 6.78. The molecule has 1 atom stereocenters. The van der Waals surface area contributed by atoms with Gasteiger partial charge in [-0.25, -0.2) is 0 Å². The second kappa shape index (κ2) is 5.41. The maximum Gasteiger partial charge on any atom is 0.232 e. The molecule has 2 saturated heterocycles. The smallest absolute Gasteiger partial charge is 0.232 e. The lowest BCUT2D eigenvalue weighted by molar-refractivity contribution is -0.185. The average Bonchev–Trinajstić information content (AvgIpc) is 2.52. The van der Waals surface area contributed by atoms with Crippen molar-refractivity contribution in [3.8, 4) is 0 Å². The summed E-state index contributed by atoms with van der Waals surface area (Å²) in [4.78, 5) is 28.3. The first-order chi connectivity index (χ1) is 10.5. The van der Waals surface area contributed by atoms with Crippen LogP contribution in [0.5, 0.6) is 0 Å². The lowest BCUT2D eigenvalue weighted by Gasteiger charge is -2.60. The number of likely N-dealkylation sites (tertiary alicyclic amines) is 2. The Morgan fingerprint density at radius 3 is 2.27 bits per heavy atom. The van der Waals surface area contributed by atoms with Gasteiger partial charge in [0.1, 0.15) is 0 Å². The maximum atomic E-state index is 12.9. The lowest BCUT2D eigenvalue weighted by Crippen LogP contribution is -2.68. The molecule has 1 aromatic rings. The van der Waals surface area contributed by atoms with E-state index in [0.29, 0.717) is 13.1 Å². The zero-order chi connectivity index (χ0) is 15.9. The first-order valence-corrected chi connectivity index (χ1v) is 8.10. The molecule has 4 nitrogen and oxygen atoms in total. The summed E-state index contributed by atoms with van der Waals surface area (Å²) >= 11 is 0. The van der Waals surface area contributed by atoms with E-state index in [2.05, 4.69) is 26.0 Å². The molecule has 2 aliphatic heterocycles. The summed E-state index contributed by atoms with van der Waals surface area (Å²) in [6.45, 7) is 7.14. The average molecular weight is 300 g/mol. The third-order valence-electron chi connectivity index (χ3n) is 5.23. The zero-order valence-corrected chi connectivity index (χ0v) is 13.6. The van der Waals surface area contributed by atoms with Crippen LogP contribution in [0.1, 0.15) is 45.2 Å². The van der Waals surface area contributed by atoms with Crippen LogP contribution in [0.25, 0.3) is 0 Å². The minimum Gasteiger partial charge on any atom is -0.343 e. The molecule has 1 unspecified atom stereocenters. The number of benzene rings is 1. The topological polar surface area (TPSA) is 40.6 Å². The fraction of sp³-hybridized carbons (Fsp3) is 0.556. The first kappa shape index (κ1) is 15.1. The van der Waals surface area contributed by atoms with Crippen molar-refractivity contribution in [1.29, 1.82) is 0 Å². The van der Waals surface area contributed by atoms with Crippen LogP contribution >= 0.6 is 0 Å². The van der Waals surface area contributed by atoms with Crippen molar-refractivity contribution in [2.45, 2.75) is 45.7 Å². The molecule has 0 bridgehead atoms. The first-order valence-electron chi connectivity index (χ1n) is 8.10. The van der Waals surface area contributed by atoms with Crippen molar-refractivity contribution in [2.24, 2.45) is 5.41 Å². The van der Waals surface area contributed by atoms with E-state index in [1.807, 2.05) is 28.0 Å². The Kier molecular flexibility index (Phi) is 3.71. The summed E-state index contributed by atoms with van der Waals surface area (Å²) in [6.07, 6.45) is 1.54. The van der Waals surface area contributed by atoms with E-state index < -0.39 is 0 Å². The highest BCUT2D eigenvalue weighted by Gasteiger charge is 2.62. The molecule has 0 N–H and O–H groups in total. The van der Waals surface area contributed by atoms with E-state index in [9.17, 15) is 9.59 Å². The van der Waals surface area contributed by atoms with Crippen LogP contribution in [0.2, 0.25) is 0 Å². The van der Waals surface area contributed by atoms with Crippen LogP contribution < -0.4 is 0 Å². The van der Waals surface area contributed by atoms with Gasteiger partial charge in [-0.05, 0) is 32.3 Å². The third-order valence-corrected chi connectivity index (χ3v) is 5.23. The third kappa shape index (κ3) is 2.13. The van der Waals surface area contributed by atoms with Crippen molar-refractivity contribution in [3.05, 3.63) is 35.9 Å². The van der Waals surface area contributed by atoms with Crippen LogP contribution in [0, 0.1) is 5.41 Å². The zero-order valence-electron chi connectivity index (χ0n) is 13.6. The normalized spacial score (nSPS) is 23.8. The van der Waals surface area contributed by atoms with E-state index in [1.54, 1.807) is 6.92 Å². The summed E-state index contributed by atoms with van der Waals surface area (Å²) in [7, 11) is 0. The van der Waals surface area contributed by atoms with E-state index in [0.717, 1.165) is 12.8 Å². The molecule has 1 aromatic carbocycles. The molecule has 3 rings (SSSR count). The molecule has 0 aromatic heterocycles. The van der Waals surface area contributed by atoms with E-state index in [1.165, 1.54) is 5.56 Å². The molecular formula is C18H24N2O2. The fourth-order valence-corrected chi connectivity index (χ4v) is 4.05. The molecule has 0 aliphatic carbocycles. The number of rotatable bonds is 2. The predicted octanol–water partition coefficient (Wildman–Crippen LogP) is 2.61. The van der Waals surface area contributed by atoms with Crippen LogP contribution in [-0.2, 0) is 9.59 Å². The van der Waals surface area contributed by atoms with Gasteiger partial charge in [-0.2, -0.15) is 0 Å². The van der Waals surface area contributed by atoms with E-state index in [-0.39, 0.29) is 29.3 Å². The van der Waals surface area contributed by atoms with E-state index in [4.69, 9.17) is 0 Å². The van der Waals surface area contributed by atoms with Gasteiger partial charge in [0.25, 0.3) is 0 Å². The van der Waals surface area contributed by atoms with Crippen molar-refractivity contribution in [2.75, 3.05) is 13.1 Å². The number of carbonyl (C=O) groups excluding carboxylic acids is 2. The van der Waals surface area contributed by atoms with Crippen LogP contribution in [-0.4, -0.2) is 40.7 Å². The fourth-order valence-electron chi connectivity index (χ4n) is 4.05. The number of hydrogen-bond donors (Lipinski definition) is 0. The van der Waals surface area contributed by atoms with Crippen molar-refractivity contribution in [1.82, 2.24) is 9.80 Å². The number of piperidine rings is 1. The molecule has 2 heterocycles. The molecular weight excluding hydrogens is 276 g/mol. The van der Waals surface area contributed by atoms with Crippen LogP contribution in [0.4, 0.5) is 0 Å². The Bertz CT molecular complexity index is 574. The Morgan fingerprint density at radius 1 is 1.18 bits per heavy atom.